The smallest absolute Gasteiger partial charge is 0.124 e. The first-order chi connectivity index (χ1) is 9.72. The molecular formula is C15H14ClN3S. The first-order valence-electron chi connectivity index (χ1n) is 6.27. The van der Waals surface area contributed by atoms with Crippen molar-refractivity contribution in [1.82, 2.24) is 9.78 Å². The molecule has 0 atom stereocenters. The molecule has 0 aliphatic carbocycles. The highest BCUT2D eigenvalue weighted by atomic mass is 35.5. The number of hydrogen-bond donors (Lipinski definition) is 1. The Morgan fingerprint density at radius 1 is 1.25 bits per heavy atom. The molecule has 0 amide bonds. The fourth-order valence-electron chi connectivity index (χ4n) is 1.98. The fourth-order valence-corrected chi connectivity index (χ4v) is 2.77. The van der Waals surface area contributed by atoms with Crippen LogP contribution < -0.4 is 5.32 Å². The molecule has 0 radical (unpaired) electrons. The van der Waals surface area contributed by atoms with Crippen LogP contribution in [0.1, 0.15) is 5.56 Å². The molecule has 3 aromatic rings. The van der Waals surface area contributed by atoms with Crippen molar-refractivity contribution in [2.24, 2.45) is 7.05 Å². The quantitative estimate of drug-likeness (QED) is 0.773. The van der Waals surface area contributed by atoms with Crippen molar-refractivity contribution < 1.29 is 0 Å². The first kappa shape index (κ1) is 13.2. The molecule has 0 unspecified atom stereocenters. The van der Waals surface area contributed by atoms with E-state index in [2.05, 4.69) is 33.3 Å². The fraction of sp³-hybridized carbons (Fsp3) is 0.133. The minimum atomic E-state index is 0.737. The zero-order valence-corrected chi connectivity index (χ0v) is 12.6. The van der Waals surface area contributed by atoms with Gasteiger partial charge in [0.1, 0.15) is 5.82 Å². The molecule has 1 aromatic carbocycles. The molecule has 0 fully saturated rings. The van der Waals surface area contributed by atoms with Crippen molar-refractivity contribution in [1.29, 1.82) is 0 Å². The van der Waals surface area contributed by atoms with Crippen molar-refractivity contribution in [2.75, 3.05) is 5.32 Å². The lowest BCUT2D eigenvalue weighted by Gasteiger charge is -2.03. The van der Waals surface area contributed by atoms with Gasteiger partial charge in [-0.1, -0.05) is 23.7 Å². The topological polar surface area (TPSA) is 29.9 Å². The molecule has 0 aliphatic rings. The maximum atomic E-state index is 5.91. The van der Waals surface area contributed by atoms with Crippen LogP contribution in [0.15, 0.2) is 47.2 Å². The standard InChI is InChI=1S/C15H14ClN3S/c1-19-15(17-9-11-6-7-20-10-11)8-14(18-19)12-2-4-13(16)5-3-12/h2-8,10,17H,9H2,1H3. The first-order valence-corrected chi connectivity index (χ1v) is 7.59. The number of thiophene rings is 1. The number of hydrogen-bond acceptors (Lipinski definition) is 3. The van der Waals surface area contributed by atoms with Crippen molar-refractivity contribution in [3.05, 3.63) is 57.7 Å². The van der Waals surface area contributed by atoms with Gasteiger partial charge in [0.25, 0.3) is 0 Å². The van der Waals surface area contributed by atoms with Gasteiger partial charge in [0.05, 0.1) is 5.69 Å². The van der Waals surface area contributed by atoms with E-state index in [4.69, 9.17) is 11.6 Å². The maximum Gasteiger partial charge on any atom is 0.124 e. The average Bonchev–Trinajstić information content (AvgIpc) is 3.07. The summed E-state index contributed by atoms with van der Waals surface area (Å²) < 4.78 is 1.86. The number of halogens is 1. The van der Waals surface area contributed by atoms with E-state index in [0.717, 1.165) is 28.6 Å². The summed E-state index contributed by atoms with van der Waals surface area (Å²) in [4.78, 5) is 0. The lowest BCUT2D eigenvalue weighted by atomic mass is 10.1. The van der Waals surface area contributed by atoms with Crippen molar-refractivity contribution in [3.63, 3.8) is 0 Å². The number of nitrogens with zero attached hydrogens (tertiary/aromatic N) is 2. The lowest BCUT2D eigenvalue weighted by molar-refractivity contribution is 0.772. The molecule has 0 saturated heterocycles. The van der Waals surface area contributed by atoms with Gasteiger partial charge < -0.3 is 5.32 Å². The van der Waals surface area contributed by atoms with E-state index < -0.39 is 0 Å². The van der Waals surface area contributed by atoms with Gasteiger partial charge in [-0.15, -0.1) is 0 Å². The zero-order chi connectivity index (χ0) is 13.9. The Morgan fingerprint density at radius 2 is 2.05 bits per heavy atom. The van der Waals surface area contributed by atoms with E-state index in [0.29, 0.717) is 0 Å². The highest BCUT2D eigenvalue weighted by molar-refractivity contribution is 7.07. The molecule has 5 heteroatoms. The van der Waals surface area contributed by atoms with Gasteiger partial charge in [0.15, 0.2) is 0 Å². The number of aromatic nitrogens is 2. The second kappa shape index (κ2) is 5.69. The number of aryl methyl sites for hydroxylation is 1. The predicted octanol–water partition coefficient (Wildman–Crippen LogP) is 4.41. The van der Waals surface area contributed by atoms with Crippen LogP contribution in [0.3, 0.4) is 0 Å². The van der Waals surface area contributed by atoms with Gasteiger partial charge in [-0.3, -0.25) is 4.68 Å². The zero-order valence-electron chi connectivity index (χ0n) is 11.0. The second-order valence-electron chi connectivity index (χ2n) is 4.53. The predicted molar refractivity (Wildman–Crippen MR) is 85.3 cm³/mol. The Balaban J connectivity index is 1.78. The third-order valence-corrected chi connectivity index (χ3v) is 4.06. The van der Waals surface area contributed by atoms with Crippen LogP contribution in [0.25, 0.3) is 11.3 Å². The van der Waals surface area contributed by atoms with E-state index in [1.165, 1.54) is 5.56 Å². The van der Waals surface area contributed by atoms with Gasteiger partial charge in [-0.25, -0.2) is 0 Å². The molecule has 2 aromatic heterocycles. The van der Waals surface area contributed by atoms with Gasteiger partial charge in [-0.2, -0.15) is 16.4 Å². The van der Waals surface area contributed by atoms with Crippen molar-refractivity contribution >= 4 is 28.8 Å². The molecule has 0 bridgehead atoms. The van der Waals surface area contributed by atoms with Crippen LogP contribution in [0.4, 0.5) is 5.82 Å². The van der Waals surface area contributed by atoms with Crippen LogP contribution >= 0.6 is 22.9 Å². The summed E-state index contributed by atoms with van der Waals surface area (Å²) in [5.74, 6) is 1.00. The highest BCUT2D eigenvalue weighted by Crippen LogP contribution is 2.23. The Hall–Kier alpha value is -1.78. The van der Waals surface area contributed by atoms with E-state index in [1.54, 1.807) is 11.3 Å². The van der Waals surface area contributed by atoms with E-state index in [9.17, 15) is 0 Å². The summed E-state index contributed by atoms with van der Waals surface area (Å²) in [6.45, 7) is 0.809. The molecule has 3 nitrogen and oxygen atoms in total. The molecule has 3 rings (SSSR count). The largest absolute Gasteiger partial charge is 0.366 e. The average molecular weight is 304 g/mol. The third-order valence-electron chi connectivity index (χ3n) is 3.07. The third kappa shape index (κ3) is 2.86. The number of rotatable bonds is 4. The minimum Gasteiger partial charge on any atom is -0.366 e. The molecule has 102 valence electrons. The van der Waals surface area contributed by atoms with Crippen LogP contribution in [0.5, 0.6) is 0 Å². The van der Waals surface area contributed by atoms with Crippen LogP contribution in [0, 0.1) is 0 Å². The molecule has 0 spiro atoms. The molecule has 0 saturated carbocycles. The summed E-state index contributed by atoms with van der Waals surface area (Å²) >= 11 is 7.61. The van der Waals surface area contributed by atoms with Gasteiger partial charge in [-0.05, 0) is 34.5 Å². The van der Waals surface area contributed by atoms with E-state index >= 15 is 0 Å². The second-order valence-corrected chi connectivity index (χ2v) is 5.75. The van der Waals surface area contributed by atoms with Gasteiger partial charge in [0.2, 0.25) is 0 Å². The SMILES string of the molecule is Cn1nc(-c2ccc(Cl)cc2)cc1NCc1ccsc1. The Morgan fingerprint density at radius 3 is 2.75 bits per heavy atom. The molecule has 0 aliphatic heterocycles. The van der Waals surface area contributed by atoms with E-state index in [1.807, 2.05) is 36.0 Å². The van der Waals surface area contributed by atoms with Crippen molar-refractivity contribution in [2.45, 2.75) is 6.54 Å². The Kier molecular flexibility index (Phi) is 3.76. The Labute approximate surface area is 126 Å². The van der Waals surface area contributed by atoms with Gasteiger partial charge in [0, 0.05) is 30.2 Å². The number of benzene rings is 1. The minimum absolute atomic E-state index is 0.737. The molecular weight excluding hydrogens is 290 g/mol. The summed E-state index contributed by atoms with van der Waals surface area (Å²) in [6.07, 6.45) is 0. The summed E-state index contributed by atoms with van der Waals surface area (Å²) in [5, 5.41) is 12.9. The number of nitrogens with one attached hydrogen (secondary N) is 1. The highest BCUT2D eigenvalue weighted by Gasteiger charge is 2.07. The Bertz CT molecular complexity index is 686. The van der Waals surface area contributed by atoms with Crippen LogP contribution in [-0.4, -0.2) is 9.78 Å². The van der Waals surface area contributed by atoms with Crippen LogP contribution in [0.2, 0.25) is 5.02 Å². The van der Waals surface area contributed by atoms with Crippen LogP contribution in [-0.2, 0) is 13.6 Å². The summed E-state index contributed by atoms with van der Waals surface area (Å²) in [6, 6.07) is 11.9. The molecule has 20 heavy (non-hydrogen) atoms. The normalized spacial score (nSPS) is 10.7. The summed E-state index contributed by atoms with van der Waals surface area (Å²) in [7, 11) is 1.94. The van der Waals surface area contributed by atoms with E-state index in [-0.39, 0.29) is 0 Å². The lowest BCUT2D eigenvalue weighted by Crippen LogP contribution is -2.03. The number of anilines is 1. The van der Waals surface area contributed by atoms with Crippen molar-refractivity contribution in [3.8, 4) is 11.3 Å². The van der Waals surface area contributed by atoms with Gasteiger partial charge >= 0.3 is 0 Å². The molecule has 2 heterocycles. The molecule has 1 N–H and O–H groups in total. The monoisotopic (exact) mass is 303 g/mol. The summed E-state index contributed by atoms with van der Waals surface area (Å²) in [5.41, 5.74) is 3.29. The maximum absolute atomic E-state index is 5.91.